The predicted molar refractivity (Wildman–Crippen MR) is 82.3 cm³/mol. The van der Waals surface area contributed by atoms with Crippen LogP contribution < -0.4 is 11.5 Å². The Morgan fingerprint density at radius 2 is 1.33 bits per heavy atom. The molecule has 0 fully saturated rings. The smallest absolute Gasteiger partial charge is 0.474 e. The van der Waals surface area contributed by atoms with Crippen molar-refractivity contribution < 1.29 is 26.6 Å². The zero-order chi connectivity index (χ0) is 16.4. The maximum Gasteiger partial charge on any atom is 0.560 e. The van der Waals surface area contributed by atoms with Crippen molar-refractivity contribution in [2.45, 2.75) is 31.9 Å². The molecule has 0 aromatic carbocycles. The molecule has 0 aliphatic carbocycles. The molecule has 0 rings (SSSR count). The monoisotopic (exact) mass is 340 g/mol. The van der Waals surface area contributed by atoms with E-state index in [1.807, 2.05) is 0 Å². The molecule has 0 saturated heterocycles. The molecule has 0 amide bonds. The van der Waals surface area contributed by atoms with Crippen molar-refractivity contribution in [2.24, 2.45) is 11.5 Å². The average Bonchev–Trinajstić information content (AvgIpc) is 2.48. The fourth-order valence-corrected chi connectivity index (χ4v) is 8.38. The van der Waals surface area contributed by atoms with Gasteiger partial charge in [0, 0.05) is 40.3 Å². The van der Waals surface area contributed by atoms with Crippen LogP contribution in [-0.4, -0.2) is 58.0 Å². The van der Waals surface area contributed by atoms with E-state index in [4.69, 9.17) is 33.3 Å². The maximum absolute atomic E-state index is 11.4. The quantitative estimate of drug-likeness (QED) is 0.480. The van der Waals surface area contributed by atoms with Gasteiger partial charge in [-0.2, -0.15) is 0 Å². The molecule has 21 heavy (non-hydrogen) atoms. The van der Waals surface area contributed by atoms with Crippen LogP contribution in [0.2, 0.25) is 12.1 Å². The van der Waals surface area contributed by atoms with Crippen molar-refractivity contribution in [1.82, 2.24) is 0 Å². The van der Waals surface area contributed by atoms with E-state index in [0.717, 1.165) is 0 Å². The molecule has 4 N–H and O–H groups in total. The first-order chi connectivity index (χ1) is 9.93. The third kappa shape index (κ3) is 6.97. The van der Waals surface area contributed by atoms with Crippen molar-refractivity contribution in [2.75, 3.05) is 34.4 Å². The van der Waals surface area contributed by atoms with Crippen LogP contribution in [0, 0.1) is 0 Å². The minimum Gasteiger partial charge on any atom is -0.474 e. The highest BCUT2D eigenvalue weighted by Gasteiger charge is 2.53. The molecule has 0 bridgehead atoms. The summed E-state index contributed by atoms with van der Waals surface area (Å²) in [5, 5.41) is 0. The Balaban J connectivity index is 5.21. The molecule has 1 unspecified atom stereocenters. The SMILES string of the molecule is CO[Si](CCCN)(OC)O[Si](CCCN)(OC)OC(C)=O. The van der Waals surface area contributed by atoms with Gasteiger partial charge in [0.1, 0.15) is 0 Å². The molecule has 0 aromatic heterocycles. The van der Waals surface area contributed by atoms with Crippen molar-refractivity contribution >= 4 is 23.6 Å². The van der Waals surface area contributed by atoms with Gasteiger partial charge < -0.3 is 33.3 Å². The Morgan fingerprint density at radius 1 is 0.905 bits per heavy atom. The molecule has 0 aliphatic rings. The lowest BCUT2D eigenvalue weighted by atomic mass is 10.5. The second kappa shape index (κ2) is 10.4. The predicted octanol–water partition coefficient (Wildman–Crippen LogP) is 0.0807. The van der Waals surface area contributed by atoms with E-state index in [1.54, 1.807) is 0 Å². The van der Waals surface area contributed by atoms with Crippen LogP contribution in [0.5, 0.6) is 0 Å². The van der Waals surface area contributed by atoms with Crippen molar-refractivity contribution in [3.63, 3.8) is 0 Å². The number of carbonyl (C=O) groups excluding carboxylic acids is 1. The van der Waals surface area contributed by atoms with Gasteiger partial charge in [-0.15, -0.1) is 0 Å². The largest absolute Gasteiger partial charge is 0.560 e. The number of hydrogen-bond donors (Lipinski definition) is 2. The fraction of sp³-hybridized carbons (Fsp3) is 0.909. The first-order valence-corrected chi connectivity index (χ1v) is 10.7. The summed E-state index contributed by atoms with van der Waals surface area (Å²) < 4.78 is 27.8. The molecule has 0 spiro atoms. The van der Waals surface area contributed by atoms with Gasteiger partial charge in [-0.25, -0.2) is 0 Å². The molecule has 10 heteroatoms. The highest BCUT2D eigenvalue weighted by molar-refractivity contribution is 6.75. The summed E-state index contributed by atoms with van der Waals surface area (Å²) in [4.78, 5) is 11.4. The number of hydrogen-bond acceptors (Lipinski definition) is 8. The van der Waals surface area contributed by atoms with Crippen molar-refractivity contribution in [3.8, 4) is 0 Å². The molecule has 0 heterocycles. The molecular weight excluding hydrogens is 312 g/mol. The van der Waals surface area contributed by atoms with E-state index in [9.17, 15) is 4.79 Å². The van der Waals surface area contributed by atoms with Gasteiger partial charge in [0.2, 0.25) is 0 Å². The summed E-state index contributed by atoms with van der Waals surface area (Å²) in [5.74, 6) is -0.463. The molecule has 126 valence electrons. The molecule has 8 nitrogen and oxygen atoms in total. The Labute approximate surface area is 128 Å². The van der Waals surface area contributed by atoms with E-state index in [0.29, 0.717) is 38.0 Å². The summed E-state index contributed by atoms with van der Waals surface area (Å²) in [6, 6.07) is 0.947. The molecule has 1 atom stereocenters. The van der Waals surface area contributed by atoms with E-state index >= 15 is 0 Å². The van der Waals surface area contributed by atoms with E-state index < -0.39 is 23.6 Å². The Hall–Kier alpha value is -0.336. The van der Waals surface area contributed by atoms with Crippen LogP contribution in [0.25, 0.3) is 0 Å². The van der Waals surface area contributed by atoms with Crippen LogP contribution in [0.4, 0.5) is 0 Å². The highest BCUT2D eigenvalue weighted by Crippen LogP contribution is 2.26. The lowest BCUT2D eigenvalue weighted by Gasteiger charge is -2.35. The third-order valence-corrected chi connectivity index (χ3v) is 9.80. The second-order valence-corrected chi connectivity index (χ2v) is 10.4. The summed E-state index contributed by atoms with van der Waals surface area (Å²) >= 11 is 0. The number of nitrogens with two attached hydrogens (primary N) is 2. The zero-order valence-corrected chi connectivity index (χ0v) is 15.3. The zero-order valence-electron chi connectivity index (χ0n) is 13.3. The number of rotatable bonds is 12. The van der Waals surface area contributed by atoms with Crippen LogP contribution in [0.15, 0.2) is 0 Å². The van der Waals surface area contributed by atoms with Crippen LogP contribution >= 0.6 is 0 Å². The van der Waals surface area contributed by atoms with Gasteiger partial charge in [-0.3, -0.25) is 4.79 Å². The summed E-state index contributed by atoms with van der Waals surface area (Å²) in [5.41, 5.74) is 11.1. The van der Waals surface area contributed by atoms with Crippen LogP contribution in [0.1, 0.15) is 19.8 Å². The van der Waals surface area contributed by atoms with Crippen LogP contribution in [0.3, 0.4) is 0 Å². The lowest BCUT2D eigenvalue weighted by Crippen LogP contribution is -2.58. The van der Waals surface area contributed by atoms with E-state index in [1.165, 1.54) is 28.3 Å². The first-order valence-electron chi connectivity index (χ1n) is 6.88. The average molecular weight is 341 g/mol. The van der Waals surface area contributed by atoms with Crippen molar-refractivity contribution in [3.05, 3.63) is 0 Å². The van der Waals surface area contributed by atoms with Crippen LogP contribution in [-0.2, 0) is 26.6 Å². The Bertz CT molecular complexity index is 306. The van der Waals surface area contributed by atoms with Gasteiger partial charge in [-0.05, 0) is 25.9 Å². The van der Waals surface area contributed by atoms with E-state index in [2.05, 4.69) is 0 Å². The van der Waals surface area contributed by atoms with Gasteiger partial charge in [0.25, 0.3) is 5.97 Å². The lowest BCUT2D eigenvalue weighted by molar-refractivity contribution is -0.136. The minimum absolute atomic E-state index is 0.420. The first kappa shape index (κ1) is 20.7. The topological polar surface area (TPSA) is 115 Å². The van der Waals surface area contributed by atoms with Gasteiger partial charge in [-0.1, -0.05) is 0 Å². The van der Waals surface area contributed by atoms with Gasteiger partial charge >= 0.3 is 17.6 Å². The fourth-order valence-electron chi connectivity index (χ4n) is 1.82. The van der Waals surface area contributed by atoms with E-state index in [-0.39, 0.29) is 0 Å². The standard InChI is InChI=1S/C11H28N2O6Si2/c1-11(14)18-21(17-4,10-6-8-13)19-20(15-2,16-3)9-5-7-12/h5-10,12-13H2,1-4H3. The number of carbonyl (C=O) groups is 1. The summed E-state index contributed by atoms with van der Waals surface area (Å²) in [6.45, 7) is 2.25. The van der Waals surface area contributed by atoms with Gasteiger partial charge in [0.15, 0.2) is 0 Å². The van der Waals surface area contributed by atoms with Gasteiger partial charge in [0.05, 0.1) is 0 Å². The maximum atomic E-state index is 11.4. The summed E-state index contributed by atoms with van der Waals surface area (Å²) in [7, 11) is -1.76. The van der Waals surface area contributed by atoms with Crippen molar-refractivity contribution in [1.29, 1.82) is 0 Å². The Kier molecular flexibility index (Phi) is 10.2. The molecule has 0 saturated carbocycles. The molecular formula is C11H28N2O6Si2. The Morgan fingerprint density at radius 3 is 1.67 bits per heavy atom. The normalized spacial score (nSPS) is 14.8. The highest BCUT2D eigenvalue weighted by atomic mass is 28.5. The molecule has 0 radical (unpaired) electrons. The minimum atomic E-state index is -3.24. The molecule has 0 aromatic rings. The summed E-state index contributed by atoms with van der Waals surface area (Å²) in [6.07, 6.45) is 1.29. The molecule has 0 aliphatic heterocycles. The second-order valence-electron chi connectivity index (χ2n) is 4.46. The third-order valence-electron chi connectivity index (χ3n) is 2.92.